The molecule has 1 unspecified atom stereocenters. The topological polar surface area (TPSA) is 66.5 Å². The van der Waals surface area contributed by atoms with Crippen LogP contribution in [0.1, 0.15) is 42.5 Å². The van der Waals surface area contributed by atoms with Crippen LogP contribution in [-0.2, 0) is 17.6 Å². The molecule has 2 aromatic rings. The van der Waals surface area contributed by atoms with Crippen molar-refractivity contribution in [3.8, 4) is 28.7 Å². The maximum atomic E-state index is 12.6. The Kier molecular flexibility index (Phi) is 7.72. The molecule has 0 fully saturated rings. The Balaban J connectivity index is 1.99. The van der Waals surface area contributed by atoms with Gasteiger partial charge in [0.15, 0.2) is 23.0 Å². The molecule has 1 aliphatic heterocycles. The van der Waals surface area contributed by atoms with Gasteiger partial charge in [-0.3, -0.25) is 4.79 Å². The number of hydrogen-bond acceptors (Lipinski definition) is 6. The van der Waals surface area contributed by atoms with Crippen LogP contribution in [0.3, 0.4) is 0 Å². The number of ether oxygens (including phenoxy) is 5. The van der Waals surface area contributed by atoms with Gasteiger partial charge in [0.25, 0.3) is 0 Å². The summed E-state index contributed by atoms with van der Waals surface area (Å²) in [5, 5.41) is 0. The molecule has 1 atom stereocenters. The monoisotopic (exact) mass is 443 g/mol. The van der Waals surface area contributed by atoms with Crippen molar-refractivity contribution in [1.82, 2.24) is 4.90 Å². The van der Waals surface area contributed by atoms with E-state index in [0.717, 1.165) is 36.8 Å². The third-order valence-electron chi connectivity index (χ3n) is 6.06. The zero-order chi connectivity index (χ0) is 23.3. The lowest BCUT2D eigenvalue weighted by Crippen LogP contribution is -2.33. The number of aryl methyl sites for hydroxylation is 2. The first-order valence-electron chi connectivity index (χ1n) is 10.8. The Morgan fingerprint density at radius 1 is 0.875 bits per heavy atom. The number of amides is 1. The van der Waals surface area contributed by atoms with E-state index in [2.05, 4.69) is 0 Å². The third kappa shape index (κ3) is 4.71. The minimum absolute atomic E-state index is 0.0658. The van der Waals surface area contributed by atoms with Gasteiger partial charge in [-0.05, 0) is 66.6 Å². The SMILES string of the molecule is COc1cc2c(cc1OC)C(CCc1cc(OC)c(OC)c(OC)c1)N(C(C)=O)CCC2. The van der Waals surface area contributed by atoms with Gasteiger partial charge in [0, 0.05) is 13.5 Å². The van der Waals surface area contributed by atoms with Crippen molar-refractivity contribution in [2.75, 3.05) is 42.1 Å². The van der Waals surface area contributed by atoms with Crippen LogP contribution in [-0.4, -0.2) is 52.9 Å². The van der Waals surface area contributed by atoms with Crippen molar-refractivity contribution in [3.63, 3.8) is 0 Å². The molecule has 3 rings (SSSR count). The molecule has 7 heteroatoms. The Bertz CT molecular complexity index is 933. The second kappa shape index (κ2) is 10.5. The molecule has 0 saturated heterocycles. The summed E-state index contributed by atoms with van der Waals surface area (Å²) < 4.78 is 27.5. The zero-order valence-corrected chi connectivity index (χ0v) is 19.8. The Labute approximate surface area is 190 Å². The summed E-state index contributed by atoms with van der Waals surface area (Å²) in [5.41, 5.74) is 3.36. The highest BCUT2D eigenvalue weighted by Gasteiger charge is 2.29. The van der Waals surface area contributed by atoms with E-state index in [9.17, 15) is 4.79 Å². The lowest BCUT2D eigenvalue weighted by Gasteiger charge is -2.31. The van der Waals surface area contributed by atoms with Crippen LogP contribution >= 0.6 is 0 Å². The molecule has 32 heavy (non-hydrogen) atoms. The van der Waals surface area contributed by atoms with Crippen LogP contribution in [0.4, 0.5) is 0 Å². The van der Waals surface area contributed by atoms with Crippen LogP contribution in [0, 0.1) is 0 Å². The van der Waals surface area contributed by atoms with E-state index in [0.29, 0.717) is 35.3 Å². The van der Waals surface area contributed by atoms with E-state index < -0.39 is 0 Å². The number of carbonyl (C=O) groups excluding carboxylic acids is 1. The van der Waals surface area contributed by atoms with Crippen LogP contribution < -0.4 is 23.7 Å². The average Bonchev–Trinajstić information content (AvgIpc) is 2.99. The molecular weight excluding hydrogens is 410 g/mol. The van der Waals surface area contributed by atoms with E-state index >= 15 is 0 Å². The highest BCUT2D eigenvalue weighted by molar-refractivity contribution is 5.74. The number of hydrogen-bond donors (Lipinski definition) is 0. The molecule has 0 aliphatic carbocycles. The van der Waals surface area contributed by atoms with Crippen LogP contribution in [0.15, 0.2) is 24.3 Å². The fourth-order valence-corrected chi connectivity index (χ4v) is 4.50. The number of nitrogens with zero attached hydrogens (tertiary/aromatic N) is 1. The van der Waals surface area contributed by atoms with Crippen molar-refractivity contribution in [1.29, 1.82) is 0 Å². The summed E-state index contributed by atoms with van der Waals surface area (Å²) in [6, 6.07) is 7.93. The maximum absolute atomic E-state index is 12.6. The van der Waals surface area contributed by atoms with E-state index in [1.165, 1.54) is 5.56 Å². The molecule has 174 valence electrons. The lowest BCUT2D eigenvalue weighted by atomic mass is 9.93. The van der Waals surface area contributed by atoms with Crippen molar-refractivity contribution >= 4 is 5.91 Å². The fraction of sp³-hybridized carbons (Fsp3) is 0.480. The Morgan fingerprint density at radius 3 is 2.00 bits per heavy atom. The molecule has 1 heterocycles. The number of benzene rings is 2. The van der Waals surface area contributed by atoms with Gasteiger partial charge in [0.05, 0.1) is 41.6 Å². The first-order valence-corrected chi connectivity index (χ1v) is 10.8. The van der Waals surface area contributed by atoms with Crippen molar-refractivity contribution < 1.29 is 28.5 Å². The first kappa shape index (κ1) is 23.6. The van der Waals surface area contributed by atoms with E-state index in [1.807, 2.05) is 29.2 Å². The number of fused-ring (bicyclic) bond motifs is 1. The van der Waals surface area contributed by atoms with Crippen LogP contribution in [0.5, 0.6) is 28.7 Å². The van der Waals surface area contributed by atoms with Gasteiger partial charge in [-0.15, -0.1) is 0 Å². The lowest BCUT2D eigenvalue weighted by molar-refractivity contribution is -0.131. The molecule has 1 aliphatic rings. The third-order valence-corrected chi connectivity index (χ3v) is 6.06. The molecular formula is C25H33NO6. The molecule has 0 N–H and O–H groups in total. The van der Waals surface area contributed by atoms with E-state index in [1.54, 1.807) is 42.5 Å². The summed E-state index contributed by atoms with van der Waals surface area (Å²) in [6.45, 7) is 2.35. The minimum atomic E-state index is -0.0658. The predicted octanol–water partition coefficient (Wildman–Crippen LogP) is 4.20. The van der Waals surface area contributed by atoms with Gasteiger partial charge in [-0.1, -0.05) is 0 Å². The van der Waals surface area contributed by atoms with Gasteiger partial charge in [0.2, 0.25) is 11.7 Å². The van der Waals surface area contributed by atoms with Crippen LogP contribution in [0.2, 0.25) is 0 Å². The molecule has 0 saturated carbocycles. The largest absolute Gasteiger partial charge is 0.493 e. The molecule has 0 radical (unpaired) electrons. The molecule has 1 amide bonds. The van der Waals surface area contributed by atoms with Crippen molar-refractivity contribution in [2.24, 2.45) is 0 Å². The standard InChI is InChI=1S/C25H33NO6/c1-16(27)26-11-7-8-18-14-21(28-2)22(29-3)15-19(18)20(26)10-9-17-12-23(30-4)25(32-6)24(13-17)31-5/h12-15,20H,7-11H2,1-6H3. The quantitative estimate of drug-likeness (QED) is 0.609. The average molecular weight is 444 g/mol. The zero-order valence-electron chi connectivity index (χ0n) is 19.8. The number of methoxy groups -OCH3 is 5. The van der Waals surface area contributed by atoms with Gasteiger partial charge in [-0.25, -0.2) is 0 Å². The summed E-state index contributed by atoms with van der Waals surface area (Å²) in [7, 11) is 8.09. The van der Waals surface area contributed by atoms with Crippen LogP contribution in [0.25, 0.3) is 0 Å². The maximum Gasteiger partial charge on any atom is 0.219 e. The normalized spacial score (nSPS) is 15.4. The van der Waals surface area contributed by atoms with Gasteiger partial charge >= 0.3 is 0 Å². The predicted molar refractivity (Wildman–Crippen MR) is 122 cm³/mol. The summed E-state index contributed by atoms with van der Waals surface area (Å²) in [6.07, 6.45) is 3.28. The van der Waals surface area contributed by atoms with Gasteiger partial charge in [0.1, 0.15) is 0 Å². The Hall–Kier alpha value is -3.09. The second-order valence-electron chi connectivity index (χ2n) is 7.81. The van der Waals surface area contributed by atoms with Crippen molar-refractivity contribution in [2.45, 2.75) is 38.6 Å². The number of carbonyl (C=O) groups is 1. The molecule has 0 bridgehead atoms. The minimum Gasteiger partial charge on any atom is -0.493 e. The fourth-order valence-electron chi connectivity index (χ4n) is 4.50. The smallest absolute Gasteiger partial charge is 0.219 e. The highest BCUT2D eigenvalue weighted by Crippen LogP contribution is 2.41. The van der Waals surface area contributed by atoms with E-state index in [-0.39, 0.29) is 11.9 Å². The van der Waals surface area contributed by atoms with E-state index in [4.69, 9.17) is 23.7 Å². The molecule has 0 spiro atoms. The summed E-state index contributed by atoms with van der Waals surface area (Å²) >= 11 is 0. The van der Waals surface area contributed by atoms with Gasteiger partial charge < -0.3 is 28.6 Å². The second-order valence-corrected chi connectivity index (χ2v) is 7.81. The Morgan fingerprint density at radius 2 is 1.47 bits per heavy atom. The molecule has 2 aromatic carbocycles. The summed E-state index contributed by atoms with van der Waals surface area (Å²) in [4.78, 5) is 14.5. The molecule has 0 aromatic heterocycles. The van der Waals surface area contributed by atoms with Gasteiger partial charge in [-0.2, -0.15) is 0 Å². The first-order chi connectivity index (χ1) is 15.5. The molecule has 7 nitrogen and oxygen atoms in total. The number of rotatable bonds is 8. The highest BCUT2D eigenvalue weighted by atomic mass is 16.5. The summed E-state index contributed by atoms with van der Waals surface area (Å²) in [5.74, 6) is 3.28. The van der Waals surface area contributed by atoms with Crippen molar-refractivity contribution in [3.05, 3.63) is 41.0 Å².